The lowest BCUT2D eigenvalue weighted by molar-refractivity contribution is 0.0216. The Balaban J connectivity index is 1.73. The quantitative estimate of drug-likeness (QED) is 0.444. The summed E-state index contributed by atoms with van der Waals surface area (Å²) in [6, 6.07) is 0. The Hall–Kier alpha value is -1.97. The van der Waals surface area contributed by atoms with Crippen molar-refractivity contribution in [1.29, 1.82) is 0 Å². The minimum atomic E-state index is -0.0552. The van der Waals surface area contributed by atoms with E-state index in [1.54, 1.807) is 6.20 Å². The van der Waals surface area contributed by atoms with Crippen LogP contribution in [0.4, 0.5) is 5.13 Å². The van der Waals surface area contributed by atoms with Gasteiger partial charge in [-0.25, -0.2) is 9.98 Å². The van der Waals surface area contributed by atoms with Crippen LogP contribution in [0.2, 0.25) is 0 Å². The van der Waals surface area contributed by atoms with Crippen molar-refractivity contribution in [2.45, 2.75) is 46.3 Å². The molecule has 25 heavy (non-hydrogen) atoms. The molecule has 0 radical (unpaired) electrons. The van der Waals surface area contributed by atoms with Gasteiger partial charge in [-0.3, -0.25) is 4.99 Å². The second-order valence-corrected chi connectivity index (χ2v) is 7.19. The molecule has 0 spiro atoms. The number of hydrogen-bond donors (Lipinski definition) is 0. The normalized spacial score (nSPS) is 24.5. The summed E-state index contributed by atoms with van der Waals surface area (Å²) < 4.78 is 6.48. The van der Waals surface area contributed by atoms with Gasteiger partial charge in [-0.2, -0.15) is 0 Å². The predicted molar refractivity (Wildman–Crippen MR) is 104 cm³/mol. The number of allylic oxidation sites excluding steroid dienone is 1. The highest BCUT2D eigenvalue weighted by Gasteiger charge is 2.30. The lowest BCUT2D eigenvalue weighted by atomic mass is 9.91. The van der Waals surface area contributed by atoms with Gasteiger partial charge in [0.15, 0.2) is 0 Å². The van der Waals surface area contributed by atoms with E-state index in [4.69, 9.17) is 4.74 Å². The van der Waals surface area contributed by atoms with E-state index in [0.29, 0.717) is 0 Å². The van der Waals surface area contributed by atoms with Crippen LogP contribution in [0.1, 0.15) is 34.1 Å². The van der Waals surface area contributed by atoms with E-state index in [1.807, 2.05) is 11.7 Å². The first-order valence-corrected chi connectivity index (χ1v) is 9.57. The summed E-state index contributed by atoms with van der Waals surface area (Å²) in [5, 5.41) is 2.68. The van der Waals surface area contributed by atoms with Crippen LogP contribution >= 0.6 is 11.3 Å². The van der Waals surface area contributed by atoms with Crippen molar-refractivity contribution in [3.05, 3.63) is 22.7 Å². The van der Waals surface area contributed by atoms with E-state index >= 15 is 0 Å². The van der Waals surface area contributed by atoms with E-state index in [1.165, 1.54) is 16.9 Å². The third kappa shape index (κ3) is 4.00. The molecular formula is C19H24N4OS. The average Bonchev–Trinajstić information content (AvgIpc) is 3.28. The van der Waals surface area contributed by atoms with E-state index in [2.05, 4.69) is 59.4 Å². The Bertz CT molecular complexity index is 754. The fourth-order valence-corrected chi connectivity index (χ4v) is 3.47. The largest absolute Gasteiger partial charge is 0.361 e. The van der Waals surface area contributed by atoms with Gasteiger partial charge >= 0.3 is 0 Å². The highest BCUT2D eigenvalue weighted by atomic mass is 32.1. The molecule has 0 fully saturated rings. The number of aliphatic imine (C=N–C) groups is 2. The maximum absolute atomic E-state index is 6.48. The highest BCUT2D eigenvalue weighted by Crippen LogP contribution is 2.26. The van der Waals surface area contributed by atoms with Crippen molar-refractivity contribution in [2.24, 2.45) is 15.9 Å². The summed E-state index contributed by atoms with van der Waals surface area (Å²) in [6.45, 7) is 10.0. The third-order valence-electron chi connectivity index (χ3n) is 4.57. The standard InChI is InChI=1S/C19H24N4OS/c1-5-16(24-17-14(3)7-6-13(2)15(17)4)18-20-8-10-23(18)12-22-19-21-9-11-25-19/h9,11-12,14,16-17H,5,8,10H2,1-4H3. The Labute approximate surface area is 153 Å². The molecule has 0 bridgehead atoms. The third-order valence-corrected chi connectivity index (χ3v) is 5.24. The summed E-state index contributed by atoms with van der Waals surface area (Å²) in [7, 11) is 0. The SMILES string of the molecule is CCC(OC1C(C)=C(C)C#CC1C)C1=NCCN1C=Nc1nccs1. The molecule has 1 aromatic rings. The first kappa shape index (κ1) is 17.8. The number of hydrogen-bond acceptors (Lipinski definition) is 5. The van der Waals surface area contributed by atoms with Crippen LogP contribution in [0, 0.1) is 17.8 Å². The number of ether oxygens (including phenoxy) is 1. The molecule has 2 heterocycles. The van der Waals surface area contributed by atoms with E-state index in [-0.39, 0.29) is 18.1 Å². The first-order chi connectivity index (χ1) is 12.1. The van der Waals surface area contributed by atoms with Crippen molar-refractivity contribution >= 4 is 28.6 Å². The summed E-state index contributed by atoms with van der Waals surface area (Å²) in [5.74, 6) is 7.62. The van der Waals surface area contributed by atoms with E-state index in [0.717, 1.165) is 36.1 Å². The second kappa shape index (κ2) is 7.94. The Morgan fingerprint density at radius 3 is 3.08 bits per heavy atom. The van der Waals surface area contributed by atoms with Gasteiger partial charge in [0.2, 0.25) is 5.13 Å². The fraction of sp³-hybridized carbons (Fsp3) is 0.526. The molecule has 1 aromatic heterocycles. The molecule has 132 valence electrons. The first-order valence-electron chi connectivity index (χ1n) is 8.69. The summed E-state index contributed by atoms with van der Waals surface area (Å²) >= 11 is 1.52. The molecule has 3 unspecified atom stereocenters. The second-order valence-electron chi connectivity index (χ2n) is 6.31. The monoisotopic (exact) mass is 356 g/mol. The number of rotatable bonds is 6. The molecule has 3 atom stereocenters. The van der Waals surface area contributed by atoms with Gasteiger partial charge in [-0.1, -0.05) is 18.8 Å². The molecule has 0 N–H and O–H groups in total. The molecule has 1 aliphatic carbocycles. The van der Waals surface area contributed by atoms with Crippen molar-refractivity contribution in [3.63, 3.8) is 0 Å². The van der Waals surface area contributed by atoms with Crippen molar-refractivity contribution in [2.75, 3.05) is 13.1 Å². The summed E-state index contributed by atoms with van der Waals surface area (Å²) in [5.41, 5.74) is 2.35. The van der Waals surface area contributed by atoms with Gasteiger partial charge in [-0.05, 0) is 32.8 Å². The van der Waals surface area contributed by atoms with Gasteiger partial charge in [0, 0.05) is 29.6 Å². The van der Waals surface area contributed by atoms with Gasteiger partial charge in [-0.15, -0.1) is 11.3 Å². The zero-order chi connectivity index (χ0) is 17.8. The van der Waals surface area contributed by atoms with Crippen LogP contribution < -0.4 is 0 Å². The van der Waals surface area contributed by atoms with Gasteiger partial charge in [0.25, 0.3) is 0 Å². The van der Waals surface area contributed by atoms with Crippen molar-refractivity contribution < 1.29 is 4.74 Å². The number of aromatic nitrogens is 1. The van der Waals surface area contributed by atoms with Crippen LogP contribution in [-0.4, -0.2) is 47.4 Å². The van der Waals surface area contributed by atoms with Crippen LogP contribution in [-0.2, 0) is 4.74 Å². The summed E-state index contributed by atoms with van der Waals surface area (Å²) in [6.07, 6.45) is 4.42. The number of nitrogens with zero attached hydrogens (tertiary/aromatic N) is 4. The fourth-order valence-electron chi connectivity index (χ4n) is 3.00. The molecule has 5 nitrogen and oxygen atoms in total. The van der Waals surface area contributed by atoms with Gasteiger partial charge in [0.1, 0.15) is 11.9 Å². The zero-order valence-corrected chi connectivity index (χ0v) is 16.0. The van der Waals surface area contributed by atoms with Crippen LogP contribution in [0.15, 0.2) is 32.7 Å². The van der Waals surface area contributed by atoms with Gasteiger partial charge < -0.3 is 9.64 Å². The minimum absolute atomic E-state index is 0.0206. The van der Waals surface area contributed by atoms with E-state index in [9.17, 15) is 0 Å². The summed E-state index contributed by atoms with van der Waals surface area (Å²) in [4.78, 5) is 15.4. The van der Waals surface area contributed by atoms with Crippen LogP contribution in [0.25, 0.3) is 0 Å². The average molecular weight is 356 g/mol. The molecular weight excluding hydrogens is 332 g/mol. The molecule has 6 heteroatoms. The Morgan fingerprint density at radius 2 is 2.36 bits per heavy atom. The van der Waals surface area contributed by atoms with Crippen molar-refractivity contribution in [3.8, 4) is 11.8 Å². The van der Waals surface area contributed by atoms with Gasteiger partial charge in [0.05, 0.1) is 19.0 Å². The minimum Gasteiger partial charge on any atom is -0.361 e. The molecule has 3 rings (SSSR count). The molecule has 0 amide bonds. The molecule has 1 aliphatic heterocycles. The lowest BCUT2D eigenvalue weighted by Gasteiger charge is -2.31. The smallest absolute Gasteiger partial charge is 0.210 e. The topological polar surface area (TPSA) is 50.1 Å². The lowest BCUT2D eigenvalue weighted by Crippen LogP contribution is -2.40. The molecule has 0 saturated heterocycles. The number of amidine groups is 1. The Kier molecular flexibility index (Phi) is 5.67. The van der Waals surface area contributed by atoms with Crippen molar-refractivity contribution in [1.82, 2.24) is 9.88 Å². The Morgan fingerprint density at radius 1 is 1.52 bits per heavy atom. The molecule has 0 saturated carbocycles. The number of thiazole rings is 1. The zero-order valence-electron chi connectivity index (χ0n) is 15.2. The molecule has 0 aromatic carbocycles. The maximum atomic E-state index is 6.48. The highest BCUT2D eigenvalue weighted by molar-refractivity contribution is 7.13. The predicted octanol–water partition coefficient (Wildman–Crippen LogP) is 3.67. The molecule has 2 aliphatic rings. The maximum Gasteiger partial charge on any atom is 0.210 e. The van der Waals surface area contributed by atoms with E-state index < -0.39 is 0 Å². The van der Waals surface area contributed by atoms with Crippen LogP contribution in [0.5, 0.6) is 0 Å². The van der Waals surface area contributed by atoms with Crippen LogP contribution in [0.3, 0.4) is 0 Å².